The summed E-state index contributed by atoms with van der Waals surface area (Å²) in [4.78, 5) is 31.9. The number of hydrogen-bond donors (Lipinski definition) is 1. The number of aliphatic hydroxyl groups excluding tert-OH is 1. The maximum Gasteiger partial charge on any atom is 0.295 e. The number of rotatable bonds is 5. The SMILES string of the molecule is COc1cccc([C@@H]2C(=C(O)c3ccc4c(c3)OCCO4)C(=O)C(=O)N2Cc2cccnc2)c1. The lowest BCUT2D eigenvalue weighted by molar-refractivity contribution is -0.140. The molecule has 0 spiro atoms. The van der Waals surface area contributed by atoms with Gasteiger partial charge in [0.05, 0.1) is 18.7 Å². The van der Waals surface area contributed by atoms with E-state index in [1.165, 1.54) is 4.90 Å². The number of hydrogen-bond acceptors (Lipinski definition) is 7. The number of likely N-dealkylation sites (tertiary alicyclic amines) is 1. The number of nitrogens with zero attached hydrogens (tertiary/aromatic N) is 2. The van der Waals surface area contributed by atoms with Crippen molar-refractivity contribution in [2.45, 2.75) is 12.6 Å². The number of carbonyl (C=O) groups excluding carboxylic acids is 2. The first-order valence-electron chi connectivity index (χ1n) is 10.8. The number of Topliss-reactive ketones (excluding diaryl/α,β-unsaturated/α-hetero) is 1. The van der Waals surface area contributed by atoms with Gasteiger partial charge in [-0.15, -0.1) is 0 Å². The van der Waals surface area contributed by atoms with E-state index in [4.69, 9.17) is 14.2 Å². The highest BCUT2D eigenvalue weighted by molar-refractivity contribution is 6.46. The fourth-order valence-corrected chi connectivity index (χ4v) is 4.24. The first kappa shape index (κ1) is 21.5. The van der Waals surface area contributed by atoms with E-state index in [2.05, 4.69) is 4.98 Å². The van der Waals surface area contributed by atoms with E-state index in [1.807, 2.05) is 6.07 Å². The highest BCUT2D eigenvalue weighted by Crippen LogP contribution is 2.42. The molecule has 172 valence electrons. The lowest BCUT2D eigenvalue weighted by Gasteiger charge is -2.25. The molecule has 1 atom stereocenters. The molecule has 1 fully saturated rings. The molecule has 8 heteroatoms. The van der Waals surface area contributed by atoms with Crippen LogP contribution in [0.5, 0.6) is 17.2 Å². The number of pyridine rings is 1. The van der Waals surface area contributed by atoms with Crippen molar-refractivity contribution in [3.05, 3.63) is 89.3 Å². The van der Waals surface area contributed by atoms with E-state index >= 15 is 0 Å². The second kappa shape index (κ2) is 8.90. The monoisotopic (exact) mass is 458 g/mol. The van der Waals surface area contributed by atoms with Crippen molar-refractivity contribution >= 4 is 17.4 Å². The van der Waals surface area contributed by atoms with Crippen LogP contribution in [-0.4, -0.2) is 47.0 Å². The first-order valence-corrected chi connectivity index (χ1v) is 10.8. The molecule has 0 saturated carbocycles. The molecule has 34 heavy (non-hydrogen) atoms. The topological polar surface area (TPSA) is 98.2 Å². The summed E-state index contributed by atoms with van der Waals surface area (Å²) in [5.74, 6) is -0.137. The van der Waals surface area contributed by atoms with Crippen LogP contribution in [0, 0.1) is 0 Å². The Labute approximate surface area is 196 Å². The van der Waals surface area contributed by atoms with Gasteiger partial charge in [-0.25, -0.2) is 0 Å². The fourth-order valence-electron chi connectivity index (χ4n) is 4.24. The highest BCUT2D eigenvalue weighted by atomic mass is 16.6. The molecule has 0 aliphatic carbocycles. The number of amides is 1. The number of ketones is 1. The quantitative estimate of drug-likeness (QED) is 0.355. The summed E-state index contributed by atoms with van der Waals surface area (Å²) in [6, 6.07) is 14.8. The van der Waals surface area contributed by atoms with Gasteiger partial charge >= 0.3 is 0 Å². The number of methoxy groups -OCH3 is 1. The Morgan fingerprint density at radius 3 is 2.68 bits per heavy atom. The third-order valence-corrected chi connectivity index (χ3v) is 5.84. The van der Waals surface area contributed by atoms with Gasteiger partial charge in [0.1, 0.15) is 24.7 Å². The van der Waals surface area contributed by atoms with Crippen molar-refractivity contribution in [3.63, 3.8) is 0 Å². The van der Waals surface area contributed by atoms with Gasteiger partial charge in [0.25, 0.3) is 11.7 Å². The third kappa shape index (κ3) is 3.83. The van der Waals surface area contributed by atoms with Gasteiger partial charge in [-0.1, -0.05) is 18.2 Å². The number of carbonyl (C=O) groups is 2. The predicted octanol–water partition coefficient (Wildman–Crippen LogP) is 3.48. The summed E-state index contributed by atoms with van der Waals surface area (Å²) in [5.41, 5.74) is 1.76. The minimum Gasteiger partial charge on any atom is -0.507 e. The van der Waals surface area contributed by atoms with E-state index in [-0.39, 0.29) is 17.9 Å². The summed E-state index contributed by atoms with van der Waals surface area (Å²) < 4.78 is 16.5. The van der Waals surface area contributed by atoms with Crippen molar-refractivity contribution in [1.82, 2.24) is 9.88 Å². The summed E-state index contributed by atoms with van der Waals surface area (Å²) >= 11 is 0. The second-order valence-corrected chi connectivity index (χ2v) is 7.92. The first-order chi connectivity index (χ1) is 16.6. The Morgan fingerprint density at radius 1 is 1.09 bits per heavy atom. The largest absolute Gasteiger partial charge is 0.507 e. The number of ether oxygens (including phenoxy) is 3. The smallest absolute Gasteiger partial charge is 0.295 e. The van der Waals surface area contributed by atoms with Crippen LogP contribution < -0.4 is 14.2 Å². The maximum absolute atomic E-state index is 13.2. The number of benzene rings is 2. The van der Waals surface area contributed by atoms with Crippen LogP contribution in [-0.2, 0) is 16.1 Å². The van der Waals surface area contributed by atoms with Crippen molar-refractivity contribution in [2.75, 3.05) is 20.3 Å². The summed E-state index contributed by atoms with van der Waals surface area (Å²) in [6.07, 6.45) is 3.28. The van der Waals surface area contributed by atoms with Crippen LogP contribution in [0.3, 0.4) is 0 Å². The number of aromatic nitrogens is 1. The van der Waals surface area contributed by atoms with E-state index in [9.17, 15) is 14.7 Å². The molecule has 0 unspecified atom stereocenters. The van der Waals surface area contributed by atoms with Crippen LogP contribution in [0.2, 0.25) is 0 Å². The minimum atomic E-state index is -0.816. The Kier molecular flexibility index (Phi) is 5.63. The van der Waals surface area contributed by atoms with E-state index in [0.29, 0.717) is 41.6 Å². The van der Waals surface area contributed by atoms with E-state index in [0.717, 1.165) is 5.56 Å². The van der Waals surface area contributed by atoms with Gasteiger partial charge in [0.2, 0.25) is 0 Å². The molecule has 1 N–H and O–H groups in total. The minimum absolute atomic E-state index is 0.00109. The van der Waals surface area contributed by atoms with Crippen LogP contribution in [0.4, 0.5) is 0 Å². The fraction of sp³-hybridized carbons (Fsp3) is 0.192. The molecule has 1 amide bonds. The van der Waals surface area contributed by atoms with Crippen molar-refractivity contribution < 1.29 is 28.9 Å². The van der Waals surface area contributed by atoms with E-state index in [1.54, 1.807) is 68.0 Å². The Balaban J connectivity index is 1.64. The van der Waals surface area contributed by atoms with Crippen molar-refractivity contribution in [1.29, 1.82) is 0 Å². The molecular formula is C26H22N2O6. The van der Waals surface area contributed by atoms with Crippen molar-refractivity contribution in [3.8, 4) is 17.2 Å². The van der Waals surface area contributed by atoms with Crippen LogP contribution >= 0.6 is 0 Å². The standard InChI is InChI=1S/C26H22N2O6/c1-32-19-6-2-5-17(12-19)23-22(24(29)18-7-8-20-21(13-18)34-11-10-33-20)25(30)26(31)28(23)15-16-4-3-9-27-14-16/h2-9,12-14,23,29H,10-11,15H2,1H3/t23-/m1/s1. The van der Waals surface area contributed by atoms with Crippen LogP contribution in [0.15, 0.2) is 72.6 Å². The highest BCUT2D eigenvalue weighted by Gasteiger charge is 2.46. The molecule has 3 heterocycles. The summed E-state index contributed by atoms with van der Waals surface area (Å²) in [7, 11) is 1.54. The lowest BCUT2D eigenvalue weighted by Crippen LogP contribution is -2.29. The van der Waals surface area contributed by atoms with Gasteiger partial charge < -0.3 is 24.2 Å². The van der Waals surface area contributed by atoms with E-state index < -0.39 is 17.7 Å². The molecule has 3 aromatic rings. The third-order valence-electron chi connectivity index (χ3n) is 5.84. The molecule has 5 rings (SSSR count). The molecule has 2 aromatic carbocycles. The number of fused-ring (bicyclic) bond motifs is 1. The molecule has 8 nitrogen and oxygen atoms in total. The molecule has 2 aliphatic heterocycles. The average Bonchev–Trinajstić information content (AvgIpc) is 3.13. The Morgan fingerprint density at radius 2 is 1.91 bits per heavy atom. The molecular weight excluding hydrogens is 436 g/mol. The Bertz CT molecular complexity index is 1290. The average molecular weight is 458 g/mol. The maximum atomic E-state index is 13.2. The van der Waals surface area contributed by atoms with Gasteiger partial charge in [-0.2, -0.15) is 0 Å². The zero-order valence-electron chi connectivity index (χ0n) is 18.4. The van der Waals surface area contributed by atoms with Gasteiger partial charge in [-0.3, -0.25) is 14.6 Å². The predicted molar refractivity (Wildman–Crippen MR) is 123 cm³/mol. The van der Waals surface area contributed by atoms with Crippen molar-refractivity contribution in [2.24, 2.45) is 0 Å². The zero-order chi connectivity index (χ0) is 23.7. The van der Waals surface area contributed by atoms with Crippen LogP contribution in [0.25, 0.3) is 5.76 Å². The Hall–Kier alpha value is -4.33. The summed E-state index contributed by atoms with van der Waals surface area (Å²) in [5, 5.41) is 11.3. The van der Waals surface area contributed by atoms with Gasteiger partial charge in [0.15, 0.2) is 11.5 Å². The van der Waals surface area contributed by atoms with Gasteiger partial charge in [-0.05, 0) is 47.5 Å². The molecule has 0 radical (unpaired) electrons. The second-order valence-electron chi connectivity index (χ2n) is 7.92. The van der Waals surface area contributed by atoms with Gasteiger partial charge in [0, 0.05) is 24.5 Å². The molecule has 2 aliphatic rings. The lowest BCUT2D eigenvalue weighted by atomic mass is 9.95. The number of aliphatic hydroxyl groups is 1. The summed E-state index contributed by atoms with van der Waals surface area (Å²) in [6.45, 7) is 0.975. The van der Waals surface area contributed by atoms with Crippen LogP contribution in [0.1, 0.15) is 22.7 Å². The molecule has 1 aromatic heterocycles. The zero-order valence-corrected chi connectivity index (χ0v) is 18.4. The molecule has 1 saturated heterocycles. The molecule has 0 bridgehead atoms. The normalized spacial score (nSPS) is 18.7.